The van der Waals surface area contributed by atoms with E-state index in [2.05, 4.69) is 0 Å². The van der Waals surface area contributed by atoms with Gasteiger partial charge in [-0.25, -0.2) is 8.42 Å². The highest BCUT2D eigenvalue weighted by Crippen LogP contribution is 2.31. The van der Waals surface area contributed by atoms with Gasteiger partial charge in [0.05, 0.1) is 17.1 Å². The van der Waals surface area contributed by atoms with E-state index in [4.69, 9.17) is 11.6 Å². The molecule has 2 atom stereocenters. The van der Waals surface area contributed by atoms with Crippen LogP contribution in [0.4, 0.5) is 0 Å². The molecule has 118 valence electrons. The molecule has 2 aromatic rings. The van der Waals surface area contributed by atoms with Gasteiger partial charge in [0, 0.05) is 10.6 Å². The molecule has 0 fully saturated rings. The monoisotopic (exact) mass is 338 g/mol. The van der Waals surface area contributed by atoms with Crippen molar-refractivity contribution >= 4 is 21.4 Å². The van der Waals surface area contributed by atoms with Crippen molar-refractivity contribution in [3.63, 3.8) is 0 Å². The molecule has 0 aliphatic heterocycles. The highest BCUT2D eigenvalue weighted by atomic mass is 35.5. The van der Waals surface area contributed by atoms with Crippen molar-refractivity contribution in [3.8, 4) is 0 Å². The van der Waals surface area contributed by atoms with Crippen molar-refractivity contribution in [2.45, 2.75) is 24.7 Å². The standard InChI is InChI=1S/C17H19ClO3S/c1-2-17(13-8-4-3-5-9-13)22(20,21)12-16(19)14-10-6-7-11-15(14)18/h3-11,16-17,19H,2,12H2,1H3. The first kappa shape index (κ1) is 17.0. The zero-order valence-corrected chi connectivity index (χ0v) is 13.9. The summed E-state index contributed by atoms with van der Waals surface area (Å²) in [6.45, 7) is 1.83. The van der Waals surface area contributed by atoms with Crippen molar-refractivity contribution in [3.05, 3.63) is 70.7 Å². The second-order valence-corrected chi connectivity index (χ2v) is 7.81. The van der Waals surface area contributed by atoms with Crippen LogP contribution in [0.25, 0.3) is 0 Å². The Hall–Kier alpha value is -1.36. The van der Waals surface area contributed by atoms with E-state index in [1.54, 1.807) is 36.4 Å². The highest BCUT2D eigenvalue weighted by molar-refractivity contribution is 7.91. The van der Waals surface area contributed by atoms with Crippen LogP contribution >= 0.6 is 11.6 Å². The van der Waals surface area contributed by atoms with Gasteiger partial charge in [-0.05, 0) is 18.1 Å². The van der Waals surface area contributed by atoms with E-state index in [9.17, 15) is 13.5 Å². The summed E-state index contributed by atoms with van der Waals surface area (Å²) < 4.78 is 25.3. The Bertz CT molecular complexity index is 714. The topological polar surface area (TPSA) is 54.4 Å². The summed E-state index contributed by atoms with van der Waals surface area (Å²) in [5.41, 5.74) is 1.19. The molecule has 3 nitrogen and oxygen atoms in total. The molecule has 2 aromatic carbocycles. The molecule has 0 saturated heterocycles. The van der Waals surface area contributed by atoms with Crippen LogP contribution in [0, 0.1) is 0 Å². The maximum atomic E-state index is 12.7. The average Bonchev–Trinajstić information content (AvgIpc) is 2.48. The minimum absolute atomic E-state index is 0.343. The van der Waals surface area contributed by atoms with Crippen LogP contribution in [-0.2, 0) is 9.84 Å². The Labute approximate surface area is 136 Å². The second kappa shape index (κ2) is 7.27. The van der Waals surface area contributed by atoms with Crippen LogP contribution in [0.1, 0.15) is 35.8 Å². The number of aliphatic hydroxyl groups excluding tert-OH is 1. The first-order valence-electron chi connectivity index (χ1n) is 7.14. The van der Waals surface area contributed by atoms with Crippen molar-refractivity contribution in [2.75, 3.05) is 5.75 Å². The zero-order valence-electron chi connectivity index (χ0n) is 12.3. The number of benzene rings is 2. The predicted octanol–water partition coefficient (Wildman–Crippen LogP) is 3.94. The van der Waals surface area contributed by atoms with Crippen molar-refractivity contribution in [1.82, 2.24) is 0 Å². The zero-order chi connectivity index (χ0) is 16.2. The molecule has 0 radical (unpaired) electrons. The number of hydrogen-bond acceptors (Lipinski definition) is 3. The molecule has 2 unspecified atom stereocenters. The van der Waals surface area contributed by atoms with E-state index in [0.717, 1.165) is 5.56 Å². The molecular weight excluding hydrogens is 320 g/mol. The van der Waals surface area contributed by atoms with Crippen LogP contribution in [0.15, 0.2) is 54.6 Å². The lowest BCUT2D eigenvalue weighted by Crippen LogP contribution is -2.21. The fraction of sp³-hybridized carbons (Fsp3) is 0.294. The van der Waals surface area contributed by atoms with Crippen molar-refractivity contribution in [2.24, 2.45) is 0 Å². The summed E-state index contributed by atoms with van der Waals surface area (Å²) in [4.78, 5) is 0. The van der Waals surface area contributed by atoms with Gasteiger partial charge in [-0.15, -0.1) is 0 Å². The first-order chi connectivity index (χ1) is 10.5. The summed E-state index contributed by atoms with van der Waals surface area (Å²) in [6.07, 6.45) is -0.668. The summed E-state index contributed by atoms with van der Waals surface area (Å²) >= 11 is 6.02. The molecule has 0 saturated carbocycles. The number of hydrogen-bond donors (Lipinski definition) is 1. The third kappa shape index (κ3) is 3.88. The lowest BCUT2D eigenvalue weighted by atomic mass is 10.1. The molecule has 0 heterocycles. The average molecular weight is 339 g/mol. The minimum Gasteiger partial charge on any atom is -0.387 e. The number of halogens is 1. The molecule has 5 heteroatoms. The summed E-state index contributed by atoms with van der Waals surface area (Å²) in [7, 11) is -3.50. The number of aliphatic hydroxyl groups is 1. The summed E-state index contributed by atoms with van der Waals surface area (Å²) in [5, 5.41) is 10.0. The van der Waals surface area contributed by atoms with E-state index < -0.39 is 21.2 Å². The SMILES string of the molecule is CCC(c1ccccc1)S(=O)(=O)CC(O)c1ccccc1Cl. The molecular formula is C17H19ClO3S. The van der Waals surface area contributed by atoms with Gasteiger partial charge in [0.2, 0.25) is 0 Å². The molecule has 0 spiro atoms. The maximum absolute atomic E-state index is 12.7. The summed E-state index contributed by atoms with van der Waals surface area (Å²) in [5.74, 6) is -0.343. The second-order valence-electron chi connectivity index (χ2n) is 5.17. The smallest absolute Gasteiger partial charge is 0.160 e. The van der Waals surface area contributed by atoms with Crippen LogP contribution in [0.3, 0.4) is 0 Å². The molecule has 2 rings (SSSR count). The van der Waals surface area contributed by atoms with Crippen LogP contribution < -0.4 is 0 Å². The fourth-order valence-corrected chi connectivity index (χ4v) is 4.73. The van der Waals surface area contributed by atoms with Gasteiger partial charge in [-0.2, -0.15) is 0 Å². The Morgan fingerprint density at radius 2 is 1.64 bits per heavy atom. The van der Waals surface area contributed by atoms with Crippen LogP contribution in [0.2, 0.25) is 5.02 Å². The fourth-order valence-electron chi connectivity index (χ4n) is 2.54. The maximum Gasteiger partial charge on any atom is 0.160 e. The third-order valence-corrected chi connectivity index (χ3v) is 6.23. The molecule has 22 heavy (non-hydrogen) atoms. The quantitative estimate of drug-likeness (QED) is 0.868. The molecule has 0 aliphatic carbocycles. The Kier molecular flexibility index (Phi) is 5.62. The van der Waals surface area contributed by atoms with E-state index in [1.807, 2.05) is 25.1 Å². The molecule has 1 N–H and O–H groups in total. The highest BCUT2D eigenvalue weighted by Gasteiger charge is 2.29. The molecule has 0 aromatic heterocycles. The van der Waals surface area contributed by atoms with Crippen molar-refractivity contribution < 1.29 is 13.5 Å². The van der Waals surface area contributed by atoms with Crippen LogP contribution in [-0.4, -0.2) is 19.3 Å². The summed E-state index contributed by atoms with van der Waals surface area (Å²) in [6, 6.07) is 15.8. The number of rotatable bonds is 6. The Morgan fingerprint density at radius 3 is 2.23 bits per heavy atom. The van der Waals surface area contributed by atoms with E-state index in [1.165, 1.54) is 0 Å². The van der Waals surface area contributed by atoms with Crippen molar-refractivity contribution in [1.29, 1.82) is 0 Å². The first-order valence-corrected chi connectivity index (χ1v) is 9.24. The predicted molar refractivity (Wildman–Crippen MR) is 89.7 cm³/mol. The van der Waals surface area contributed by atoms with E-state index in [0.29, 0.717) is 17.0 Å². The largest absolute Gasteiger partial charge is 0.387 e. The van der Waals surface area contributed by atoms with Gasteiger partial charge >= 0.3 is 0 Å². The van der Waals surface area contributed by atoms with Crippen LogP contribution in [0.5, 0.6) is 0 Å². The minimum atomic E-state index is -3.50. The van der Waals surface area contributed by atoms with E-state index >= 15 is 0 Å². The van der Waals surface area contributed by atoms with Gasteiger partial charge in [0.1, 0.15) is 0 Å². The van der Waals surface area contributed by atoms with Gasteiger partial charge < -0.3 is 5.11 Å². The van der Waals surface area contributed by atoms with Gasteiger partial charge in [-0.3, -0.25) is 0 Å². The number of sulfone groups is 1. The lowest BCUT2D eigenvalue weighted by molar-refractivity contribution is 0.201. The molecule has 0 bridgehead atoms. The molecule has 0 amide bonds. The van der Waals surface area contributed by atoms with E-state index in [-0.39, 0.29) is 5.75 Å². The van der Waals surface area contributed by atoms with Gasteiger partial charge in [-0.1, -0.05) is 67.1 Å². The lowest BCUT2D eigenvalue weighted by Gasteiger charge is -2.19. The Morgan fingerprint density at radius 1 is 1.05 bits per heavy atom. The van der Waals surface area contributed by atoms with Gasteiger partial charge in [0.25, 0.3) is 0 Å². The normalized spacial score (nSPS) is 14.5. The van der Waals surface area contributed by atoms with Gasteiger partial charge in [0.15, 0.2) is 9.84 Å². The third-order valence-electron chi connectivity index (χ3n) is 3.63. The Balaban J connectivity index is 2.25. The molecule has 0 aliphatic rings.